The van der Waals surface area contributed by atoms with E-state index in [1.54, 1.807) is 26.0 Å². The highest BCUT2D eigenvalue weighted by molar-refractivity contribution is 5.94. The fourth-order valence-corrected chi connectivity index (χ4v) is 1.62. The van der Waals surface area contributed by atoms with Gasteiger partial charge in [0, 0.05) is 5.69 Å². The summed E-state index contributed by atoms with van der Waals surface area (Å²) in [7, 11) is 0. The number of esters is 2. The lowest BCUT2D eigenvalue weighted by Crippen LogP contribution is -2.26. The third-order valence-corrected chi connectivity index (χ3v) is 2.74. The van der Waals surface area contributed by atoms with Crippen LogP contribution in [-0.2, 0) is 14.3 Å². The fourth-order valence-electron chi connectivity index (χ4n) is 1.62. The largest absolute Gasteiger partial charge is 0.463 e. The molecular formula is C14H19NO4. The molecule has 2 N–H and O–H groups in total. The van der Waals surface area contributed by atoms with Gasteiger partial charge in [0.15, 0.2) is 6.10 Å². The quantitative estimate of drug-likeness (QED) is 0.665. The van der Waals surface area contributed by atoms with Gasteiger partial charge in [-0.25, -0.2) is 9.59 Å². The monoisotopic (exact) mass is 265 g/mol. The molecule has 0 fully saturated rings. The second-order valence-electron chi connectivity index (χ2n) is 4.32. The number of carbonyl (C=O) groups excluding carboxylic acids is 2. The minimum absolute atomic E-state index is 0.247. The summed E-state index contributed by atoms with van der Waals surface area (Å²) < 4.78 is 9.83. The molecular weight excluding hydrogens is 246 g/mol. The lowest BCUT2D eigenvalue weighted by molar-refractivity contribution is -0.152. The summed E-state index contributed by atoms with van der Waals surface area (Å²) in [5.74, 6) is -1.14. The molecule has 1 aromatic carbocycles. The van der Waals surface area contributed by atoms with Gasteiger partial charge in [-0.2, -0.15) is 0 Å². The molecule has 1 unspecified atom stereocenters. The van der Waals surface area contributed by atoms with Crippen molar-refractivity contribution in [3.8, 4) is 0 Å². The van der Waals surface area contributed by atoms with Crippen molar-refractivity contribution in [3.05, 3.63) is 28.8 Å². The normalized spacial score (nSPS) is 11.8. The Morgan fingerprint density at radius 2 is 1.89 bits per heavy atom. The van der Waals surface area contributed by atoms with E-state index in [1.807, 2.05) is 6.92 Å². The van der Waals surface area contributed by atoms with Crippen LogP contribution in [0.15, 0.2) is 12.1 Å². The lowest BCUT2D eigenvalue weighted by atomic mass is 10.0. The third kappa shape index (κ3) is 3.71. The first-order chi connectivity index (χ1) is 8.86. The van der Waals surface area contributed by atoms with Crippen molar-refractivity contribution in [2.45, 2.75) is 33.8 Å². The number of nitrogens with two attached hydrogens (primary N) is 1. The average molecular weight is 265 g/mol. The Morgan fingerprint density at radius 1 is 1.26 bits per heavy atom. The molecule has 0 saturated carbocycles. The third-order valence-electron chi connectivity index (χ3n) is 2.74. The Labute approximate surface area is 112 Å². The molecule has 0 aliphatic heterocycles. The maximum Gasteiger partial charge on any atom is 0.347 e. The molecule has 5 nitrogen and oxygen atoms in total. The van der Waals surface area contributed by atoms with Crippen molar-refractivity contribution in [2.75, 3.05) is 12.3 Å². The maximum atomic E-state index is 12.0. The SMILES string of the molecule is CCOC(=O)C(C)OC(=O)c1cc(N)c(C)cc1C. The van der Waals surface area contributed by atoms with Gasteiger partial charge in [-0.05, 0) is 44.9 Å². The van der Waals surface area contributed by atoms with Gasteiger partial charge in [-0.3, -0.25) is 0 Å². The molecule has 0 aromatic heterocycles. The number of rotatable bonds is 4. The zero-order chi connectivity index (χ0) is 14.6. The zero-order valence-corrected chi connectivity index (χ0v) is 11.6. The van der Waals surface area contributed by atoms with E-state index in [9.17, 15) is 9.59 Å². The standard InChI is InChI=1S/C14H19NO4/c1-5-18-13(16)10(4)19-14(17)11-7-12(15)9(3)6-8(11)2/h6-7,10H,5,15H2,1-4H3. The second kappa shape index (κ2) is 6.22. The second-order valence-corrected chi connectivity index (χ2v) is 4.32. The predicted molar refractivity (Wildman–Crippen MR) is 71.8 cm³/mol. The average Bonchev–Trinajstić information content (AvgIpc) is 2.33. The van der Waals surface area contributed by atoms with Crippen LogP contribution < -0.4 is 5.73 Å². The van der Waals surface area contributed by atoms with Gasteiger partial charge in [-0.1, -0.05) is 6.07 Å². The molecule has 1 aromatic rings. The molecule has 0 radical (unpaired) electrons. The summed E-state index contributed by atoms with van der Waals surface area (Å²) >= 11 is 0. The molecule has 19 heavy (non-hydrogen) atoms. The van der Waals surface area contributed by atoms with E-state index in [2.05, 4.69) is 0 Å². The highest BCUT2D eigenvalue weighted by Gasteiger charge is 2.21. The number of ether oxygens (including phenoxy) is 2. The van der Waals surface area contributed by atoms with Crippen molar-refractivity contribution >= 4 is 17.6 Å². The van der Waals surface area contributed by atoms with Gasteiger partial charge < -0.3 is 15.2 Å². The van der Waals surface area contributed by atoms with Crippen LogP contribution >= 0.6 is 0 Å². The molecule has 1 atom stereocenters. The van der Waals surface area contributed by atoms with Crippen LogP contribution in [0.5, 0.6) is 0 Å². The molecule has 0 saturated heterocycles. The van der Waals surface area contributed by atoms with Crippen LogP contribution in [-0.4, -0.2) is 24.6 Å². The fraction of sp³-hybridized carbons (Fsp3) is 0.429. The molecule has 5 heteroatoms. The van der Waals surface area contributed by atoms with Crippen LogP contribution in [0.4, 0.5) is 5.69 Å². The molecule has 0 aliphatic carbocycles. The summed E-state index contributed by atoms with van der Waals surface area (Å²) in [5, 5.41) is 0. The van der Waals surface area contributed by atoms with Gasteiger partial charge >= 0.3 is 11.9 Å². The van der Waals surface area contributed by atoms with E-state index in [1.165, 1.54) is 6.92 Å². The minimum atomic E-state index is -0.936. The Morgan fingerprint density at radius 3 is 2.47 bits per heavy atom. The topological polar surface area (TPSA) is 78.6 Å². The first-order valence-corrected chi connectivity index (χ1v) is 6.11. The van der Waals surface area contributed by atoms with E-state index in [-0.39, 0.29) is 6.61 Å². The van der Waals surface area contributed by atoms with E-state index in [0.29, 0.717) is 11.3 Å². The van der Waals surface area contributed by atoms with E-state index in [4.69, 9.17) is 15.2 Å². The number of benzene rings is 1. The summed E-state index contributed by atoms with van der Waals surface area (Å²) in [5.41, 5.74) is 8.29. The van der Waals surface area contributed by atoms with Crippen LogP contribution in [0.3, 0.4) is 0 Å². The Hall–Kier alpha value is -2.04. The summed E-state index contributed by atoms with van der Waals surface area (Å²) in [4.78, 5) is 23.4. The number of anilines is 1. The van der Waals surface area contributed by atoms with E-state index >= 15 is 0 Å². The molecule has 0 aliphatic rings. The maximum absolute atomic E-state index is 12.0. The van der Waals surface area contributed by atoms with Crippen LogP contribution in [0.1, 0.15) is 35.3 Å². The smallest absolute Gasteiger partial charge is 0.347 e. The molecule has 0 amide bonds. The molecule has 0 bridgehead atoms. The summed E-state index contributed by atoms with van der Waals surface area (Å²) in [6, 6.07) is 3.37. The number of nitrogen functional groups attached to an aromatic ring is 1. The molecule has 1 rings (SSSR count). The Bertz CT molecular complexity index is 496. The number of hydrogen-bond donors (Lipinski definition) is 1. The van der Waals surface area contributed by atoms with Gasteiger partial charge in [0.1, 0.15) is 0 Å². The van der Waals surface area contributed by atoms with E-state index < -0.39 is 18.0 Å². The first kappa shape index (κ1) is 15.0. The lowest BCUT2D eigenvalue weighted by Gasteiger charge is -2.14. The van der Waals surface area contributed by atoms with Crippen LogP contribution in [0.25, 0.3) is 0 Å². The predicted octanol–water partition coefficient (Wildman–Crippen LogP) is 1.99. The van der Waals surface area contributed by atoms with Crippen LogP contribution in [0, 0.1) is 13.8 Å². The summed E-state index contributed by atoms with van der Waals surface area (Å²) in [6.07, 6.45) is -0.936. The molecule has 0 spiro atoms. The Balaban J connectivity index is 2.84. The van der Waals surface area contributed by atoms with Crippen molar-refractivity contribution < 1.29 is 19.1 Å². The van der Waals surface area contributed by atoms with Gasteiger partial charge in [0.25, 0.3) is 0 Å². The van der Waals surface area contributed by atoms with Crippen molar-refractivity contribution in [1.82, 2.24) is 0 Å². The van der Waals surface area contributed by atoms with Crippen molar-refractivity contribution in [3.63, 3.8) is 0 Å². The van der Waals surface area contributed by atoms with Crippen molar-refractivity contribution in [1.29, 1.82) is 0 Å². The van der Waals surface area contributed by atoms with E-state index in [0.717, 1.165) is 11.1 Å². The highest BCUT2D eigenvalue weighted by Crippen LogP contribution is 2.19. The summed E-state index contributed by atoms with van der Waals surface area (Å²) in [6.45, 7) is 7.06. The zero-order valence-electron chi connectivity index (χ0n) is 11.6. The van der Waals surface area contributed by atoms with Crippen LogP contribution in [0.2, 0.25) is 0 Å². The number of hydrogen-bond acceptors (Lipinski definition) is 5. The van der Waals surface area contributed by atoms with Gasteiger partial charge in [0.05, 0.1) is 12.2 Å². The molecule has 0 heterocycles. The molecule has 104 valence electrons. The number of carbonyl (C=O) groups is 2. The highest BCUT2D eigenvalue weighted by atomic mass is 16.6. The Kier molecular flexibility index (Phi) is 4.92. The van der Waals surface area contributed by atoms with Gasteiger partial charge in [0.2, 0.25) is 0 Å². The van der Waals surface area contributed by atoms with Gasteiger partial charge in [-0.15, -0.1) is 0 Å². The number of aryl methyl sites for hydroxylation is 2. The first-order valence-electron chi connectivity index (χ1n) is 6.11. The minimum Gasteiger partial charge on any atom is -0.463 e. The van der Waals surface area contributed by atoms with Crippen molar-refractivity contribution in [2.24, 2.45) is 0 Å².